The third kappa shape index (κ3) is 6.46. The van der Waals surface area contributed by atoms with Crippen LogP contribution in [0.15, 0.2) is 48.5 Å². The summed E-state index contributed by atoms with van der Waals surface area (Å²) >= 11 is 0. The third-order valence-electron chi connectivity index (χ3n) is 5.51. The van der Waals surface area contributed by atoms with Gasteiger partial charge < -0.3 is 20.5 Å². The highest BCUT2D eigenvalue weighted by molar-refractivity contribution is 5.95. The molecule has 4 amide bonds. The van der Waals surface area contributed by atoms with E-state index in [1.807, 2.05) is 13.0 Å². The molecule has 1 fully saturated rings. The highest BCUT2D eigenvalue weighted by atomic mass is 19.1. The van der Waals surface area contributed by atoms with Gasteiger partial charge in [-0.25, -0.2) is 14.0 Å². The Labute approximate surface area is 201 Å². The number of anilines is 1. The first-order valence-electron chi connectivity index (χ1n) is 11.0. The van der Waals surface area contributed by atoms with Crippen LogP contribution in [0.1, 0.15) is 30.0 Å². The van der Waals surface area contributed by atoms with Gasteiger partial charge in [0.2, 0.25) is 0 Å². The van der Waals surface area contributed by atoms with Gasteiger partial charge in [0.25, 0.3) is 5.91 Å². The Morgan fingerprint density at radius 2 is 1.83 bits per heavy atom. The average Bonchev–Trinajstić information content (AvgIpc) is 2.82. The molecule has 2 aromatic carbocycles. The molecule has 3 rings (SSSR count). The van der Waals surface area contributed by atoms with Crippen LogP contribution in [0.5, 0.6) is 0 Å². The van der Waals surface area contributed by atoms with Gasteiger partial charge in [-0.2, -0.15) is 0 Å². The largest absolute Gasteiger partial charge is 0.481 e. The van der Waals surface area contributed by atoms with Crippen LogP contribution in [0, 0.1) is 12.7 Å². The fourth-order valence-corrected chi connectivity index (χ4v) is 3.95. The molecule has 1 aliphatic heterocycles. The van der Waals surface area contributed by atoms with E-state index in [1.165, 1.54) is 18.2 Å². The summed E-state index contributed by atoms with van der Waals surface area (Å²) in [4.78, 5) is 52.7. The molecule has 186 valence electrons. The summed E-state index contributed by atoms with van der Waals surface area (Å²) in [6.07, 6.45) is -2.27. The molecular formula is C24H27FN4O6. The number of benzene rings is 2. The van der Waals surface area contributed by atoms with Crippen molar-refractivity contribution in [2.45, 2.75) is 32.0 Å². The zero-order chi connectivity index (χ0) is 25.5. The normalized spacial score (nSPS) is 16.3. The predicted molar refractivity (Wildman–Crippen MR) is 124 cm³/mol. The molecule has 11 heteroatoms. The number of carbonyl (C=O) groups is 4. The number of nitrogens with zero attached hydrogens (tertiary/aromatic N) is 2. The lowest BCUT2D eigenvalue weighted by Gasteiger charge is -2.42. The van der Waals surface area contributed by atoms with Crippen molar-refractivity contribution in [3.05, 3.63) is 65.5 Å². The number of rotatable bonds is 6. The molecule has 0 spiro atoms. The van der Waals surface area contributed by atoms with Crippen molar-refractivity contribution in [3.8, 4) is 0 Å². The standard InChI is InChI=1S/C24H27FN4O6/c1-15-6-3-7-16(12-15)19(14-20(30)31)27-21(32)22-28(10-5-11-29(22)24(34)35-2)23(33)26-18-9-4-8-17(25)13-18/h3-4,6-9,12-13,19,22H,5,10-11,14H2,1-2H3,(H,26,33)(H,27,32)(H,30,31). The van der Waals surface area contributed by atoms with Crippen molar-refractivity contribution >= 4 is 29.7 Å². The Hall–Kier alpha value is -4.15. The molecule has 1 heterocycles. The van der Waals surface area contributed by atoms with Crippen LogP contribution < -0.4 is 10.6 Å². The predicted octanol–water partition coefficient (Wildman–Crippen LogP) is 3.10. The number of carboxylic acid groups (broad SMARTS) is 1. The zero-order valence-electron chi connectivity index (χ0n) is 19.4. The van der Waals surface area contributed by atoms with Gasteiger partial charge in [-0.05, 0) is 37.1 Å². The molecule has 0 bridgehead atoms. The lowest BCUT2D eigenvalue weighted by Crippen LogP contribution is -2.64. The summed E-state index contributed by atoms with van der Waals surface area (Å²) < 4.78 is 18.4. The SMILES string of the molecule is COC(=O)N1CCCN(C(=O)Nc2cccc(F)c2)C1C(=O)NC(CC(=O)O)c1cccc(C)c1. The molecule has 2 atom stereocenters. The van der Waals surface area contributed by atoms with E-state index in [9.17, 15) is 28.7 Å². The van der Waals surface area contributed by atoms with Crippen molar-refractivity contribution in [2.75, 3.05) is 25.5 Å². The van der Waals surface area contributed by atoms with E-state index in [0.29, 0.717) is 12.0 Å². The van der Waals surface area contributed by atoms with Crippen LogP contribution in [-0.2, 0) is 14.3 Å². The van der Waals surface area contributed by atoms with E-state index in [-0.39, 0.29) is 18.8 Å². The number of amides is 4. The monoisotopic (exact) mass is 486 g/mol. The second kappa shape index (κ2) is 11.3. The number of ether oxygens (including phenoxy) is 1. The van der Waals surface area contributed by atoms with E-state index >= 15 is 0 Å². The van der Waals surface area contributed by atoms with Crippen molar-refractivity contribution in [1.82, 2.24) is 15.1 Å². The van der Waals surface area contributed by atoms with Crippen molar-refractivity contribution in [1.29, 1.82) is 0 Å². The number of hydrogen-bond acceptors (Lipinski definition) is 5. The van der Waals surface area contributed by atoms with Crippen molar-refractivity contribution < 1.29 is 33.4 Å². The molecular weight excluding hydrogens is 459 g/mol. The number of carboxylic acids is 1. The number of methoxy groups -OCH3 is 1. The van der Waals surface area contributed by atoms with Crippen LogP contribution in [0.3, 0.4) is 0 Å². The molecule has 0 aromatic heterocycles. The fourth-order valence-electron chi connectivity index (χ4n) is 3.95. The van der Waals surface area contributed by atoms with Gasteiger partial charge in [-0.3, -0.25) is 19.4 Å². The second-order valence-electron chi connectivity index (χ2n) is 8.10. The first-order chi connectivity index (χ1) is 16.7. The minimum Gasteiger partial charge on any atom is -0.481 e. The van der Waals surface area contributed by atoms with E-state index in [1.54, 1.807) is 18.2 Å². The van der Waals surface area contributed by atoms with Crippen molar-refractivity contribution in [2.24, 2.45) is 0 Å². The Morgan fingerprint density at radius 3 is 2.49 bits per heavy atom. The van der Waals surface area contributed by atoms with Gasteiger partial charge >= 0.3 is 18.1 Å². The molecule has 1 aliphatic rings. The van der Waals surface area contributed by atoms with Gasteiger partial charge in [-0.1, -0.05) is 35.9 Å². The van der Waals surface area contributed by atoms with E-state index in [4.69, 9.17) is 4.74 Å². The molecule has 0 aliphatic carbocycles. The average molecular weight is 487 g/mol. The van der Waals surface area contributed by atoms with E-state index in [0.717, 1.165) is 28.5 Å². The van der Waals surface area contributed by atoms with Gasteiger partial charge in [0, 0.05) is 18.8 Å². The summed E-state index contributed by atoms with van der Waals surface area (Å²) in [5, 5.41) is 14.6. The van der Waals surface area contributed by atoms with Crippen LogP contribution in [0.2, 0.25) is 0 Å². The van der Waals surface area contributed by atoms with Crippen LogP contribution in [0.25, 0.3) is 0 Å². The quantitative estimate of drug-likeness (QED) is 0.576. The fraction of sp³-hybridized carbons (Fsp3) is 0.333. The Morgan fingerprint density at radius 1 is 1.11 bits per heavy atom. The van der Waals surface area contributed by atoms with Crippen LogP contribution >= 0.6 is 0 Å². The molecule has 3 N–H and O–H groups in total. The number of nitrogens with one attached hydrogen (secondary N) is 2. The smallest absolute Gasteiger partial charge is 0.411 e. The number of aliphatic carboxylic acids is 1. The van der Waals surface area contributed by atoms with Gasteiger partial charge in [0.15, 0.2) is 6.17 Å². The molecule has 1 saturated heterocycles. The van der Waals surface area contributed by atoms with Crippen molar-refractivity contribution in [3.63, 3.8) is 0 Å². The molecule has 35 heavy (non-hydrogen) atoms. The number of aryl methyl sites for hydroxylation is 1. The number of carbonyl (C=O) groups excluding carboxylic acids is 3. The molecule has 0 saturated carbocycles. The summed E-state index contributed by atoms with van der Waals surface area (Å²) in [5.41, 5.74) is 1.61. The maximum atomic E-state index is 13.6. The highest BCUT2D eigenvalue weighted by Gasteiger charge is 2.41. The van der Waals surface area contributed by atoms with Gasteiger partial charge in [-0.15, -0.1) is 0 Å². The Kier molecular flexibility index (Phi) is 8.24. The highest BCUT2D eigenvalue weighted by Crippen LogP contribution is 2.22. The van der Waals surface area contributed by atoms with Crippen LogP contribution in [0.4, 0.5) is 19.7 Å². The topological polar surface area (TPSA) is 128 Å². The van der Waals surface area contributed by atoms with Gasteiger partial charge in [0.1, 0.15) is 5.82 Å². The summed E-state index contributed by atoms with van der Waals surface area (Å²) in [6.45, 7) is 2.10. The van der Waals surface area contributed by atoms with E-state index < -0.39 is 48.4 Å². The molecule has 2 aromatic rings. The summed E-state index contributed by atoms with van der Waals surface area (Å²) in [7, 11) is 1.16. The zero-order valence-corrected chi connectivity index (χ0v) is 19.4. The first-order valence-corrected chi connectivity index (χ1v) is 11.0. The van der Waals surface area contributed by atoms with Crippen LogP contribution in [-0.4, -0.2) is 65.3 Å². The maximum absolute atomic E-state index is 13.6. The summed E-state index contributed by atoms with van der Waals surface area (Å²) in [6, 6.07) is 10.6. The molecule has 0 radical (unpaired) electrons. The Bertz CT molecular complexity index is 1110. The minimum absolute atomic E-state index is 0.126. The summed E-state index contributed by atoms with van der Waals surface area (Å²) in [5.74, 6) is -2.44. The van der Waals surface area contributed by atoms with E-state index in [2.05, 4.69) is 10.6 Å². The molecule has 10 nitrogen and oxygen atoms in total. The number of hydrogen-bond donors (Lipinski definition) is 3. The number of halogens is 1. The lowest BCUT2D eigenvalue weighted by molar-refractivity contribution is -0.138. The number of urea groups is 1. The minimum atomic E-state index is -1.41. The Balaban J connectivity index is 1.90. The maximum Gasteiger partial charge on any atom is 0.411 e. The lowest BCUT2D eigenvalue weighted by atomic mass is 10.0. The second-order valence-corrected chi connectivity index (χ2v) is 8.10. The first kappa shape index (κ1) is 25.5. The third-order valence-corrected chi connectivity index (χ3v) is 5.51. The molecule has 2 unspecified atom stereocenters. The van der Waals surface area contributed by atoms with Gasteiger partial charge in [0.05, 0.1) is 19.6 Å².